The molecule has 1 aromatic heterocycles. The summed E-state index contributed by atoms with van der Waals surface area (Å²) in [5.41, 5.74) is 1.27. The summed E-state index contributed by atoms with van der Waals surface area (Å²) in [5, 5.41) is 10.1. The van der Waals surface area contributed by atoms with Gasteiger partial charge in [-0.2, -0.15) is 0 Å². The summed E-state index contributed by atoms with van der Waals surface area (Å²) in [5.74, 6) is 0.907. The van der Waals surface area contributed by atoms with E-state index in [0.717, 1.165) is 31.7 Å². The number of ether oxygens (including phenoxy) is 1. The largest absolute Gasteiger partial charge is 0.389 e. The Balaban J connectivity index is 1.65. The van der Waals surface area contributed by atoms with Crippen LogP contribution in [0.2, 0.25) is 0 Å². The molecule has 3 atom stereocenters. The zero-order chi connectivity index (χ0) is 15.7. The first-order valence-electron chi connectivity index (χ1n) is 8.24. The third kappa shape index (κ3) is 3.42. The molecule has 0 aliphatic carbocycles. The average Bonchev–Trinajstić information content (AvgIpc) is 2.46. The highest BCUT2D eigenvalue weighted by Gasteiger charge is 2.34. The first-order valence-corrected chi connectivity index (χ1v) is 8.24. The van der Waals surface area contributed by atoms with E-state index in [1.165, 1.54) is 0 Å². The van der Waals surface area contributed by atoms with Crippen molar-refractivity contribution in [3.05, 3.63) is 34.2 Å². The lowest BCUT2D eigenvalue weighted by Gasteiger charge is -2.43. The summed E-state index contributed by atoms with van der Waals surface area (Å²) in [6.07, 6.45) is 0.853. The average molecular weight is 306 g/mol. The van der Waals surface area contributed by atoms with Crippen molar-refractivity contribution in [1.82, 2.24) is 9.47 Å². The molecular weight excluding hydrogens is 280 g/mol. The second kappa shape index (κ2) is 6.52. The summed E-state index contributed by atoms with van der Waals surface area (Å²) >= 11 is 0. The third-order valence-corrected chi connectivity index (χ3v) is 4.65. The second-order valence-electron chi connectivity index (χ2n) is 6.95. The molecule has 3 rings (SSSR count). The normalized spacial score (nSPS) is 26.0. The number of nitrogens with zero attached hydrogens (tertiary/aromatic N) is 2. The van der Waals surface area contributed by atoms with E-state index in [1.807, 2.05) is 24.5 Å². The maximum Gasteiger partial charge on any atom is 0.250 e. The van der Waals surface area contributed by atoms with E-state index in [0.29, 0.717) is 25.0 Å². The van der Waals surface area contributed by atoms with Crippen LogP contribution in [0.3, 0.4) is 0 Å². The number of fused-ring (bicyclic) bond motifs is 4. The van der Waals surface area contributed by atoms with Crippen LogP contribution < -0.4 is 5.56 Å². The maximum absolute atomic E-state index is 12.0. The number of rotatable bonds is 5. The molecular formula is C17H26N2O3. The molecule has 0 radical (unpaired) electrons. The smallest absolute Gasteiger partial charge is 0.250 e. The van der Waals surface area contributed by atoms with Crippen LogP contribution in [0.5, 0.6) is 0 Å². The topological polar surface area (TPSA) is 54.7 Å². The van der Waals surface area contributed by atoms with Crippen LogP contribution in [-0.4, -0.2) is 53.0 Å². The second-order valence-corrected chi connectivity index (χ2v) is 6.95. The van der Waals surface area contributed by atoms with Gasteiger partial charge in [-0.1, -0.05) is 6.07 Å². The Labute approximate surface area is 131 Å². The van der Waals surface area contributed by atoms with Crippen LogP contribution in [0, 0.1) is 5.92 Å². The van der Waals surface area contributed by atoms with Crippen LogP contribution >= 0.6 is 0 Å². The van der Waals surface area contributed by atoms with Gasteiger partial charge in [0.15, 0.2) is 0 Å². The number of pyridine rings is 1. The number of piperidine rings is 1. The summed E-state index contributed by atoms with van der Waals surface area (Å²) < 4.78 is 7.43. The maximum atomic E-state index is 12.0. The van der Waals surface area contributed by atoms with Gasteiger partial charge in [-0.05, 0) is 32.3 Å². The van der Waals surface area contributed by atoms with Crippen molar-refractivity contribution in [3.63, 3.8) is 0 Å². The fraction of sp³-hybridized carbons (Fsp3) is 0.706. The highest BCUT2D eigenvalue weighted by atomic mass is 16.5. The molecule has 1 fully saturated rings. The number of aliphatic hydroxyl groups excluding tert-OH is 1. The first kappa shape index (κ1) is 15.7. The van der Waals surface area contributed by atoms with Gasteiger partial charge in [-0.25, -0.2) is 0 Å². The van der Waals surface area contributed by atoms with Gasteiger partial charge in [-0.3, -0.25) is 9.69 Å². The van der Waals surface area contributed by atoms with Gasteiger partial charge in [0.2, 0.25) is 0 Å². The minimum atomic E-state index is -0.445. The van der Waals surface area contributed by atoms with Gasteiger partial charge in [0.05, 0.1) is 18.8 Å². The third-order valence-electron chi connectivity index (χ3n) is 4.65. The highest BCUT2D eigenvalue weighted by Crippen LogP contribution is 2.34. The van der Waals surface area contributed by atoms with Gasteiger partial charge in [-0.15, -0.1) is 0 Å². The SMILES string of the molecule is CC(C)OCC(O)CN1C[C@H]2C[C@@H](C1)c1cccc(=O)n1C2. The van der Waals surface area contributed by atoms with Crippen molar-refractivity contribution in [2.75, 3.05) is 26.2 Å². The Bertz CT molecular complexity index is 569. The van der Waals surface area contributed by atoms with E-state index in [4.69, 9.17) is 4.74 Å². The number of aromatic nitrogens is 1. The molecule has 1 N–H and O–H groups in total. The lowest BCUT2D eigenvalue weighted by atomic mass is 9.83. The van der Waals surface area contributed by atoms with Crippen LogP contribution in [-0.2, 0) is 11.3 Å². The molecule has 5 nitrogen and oxygen atoms in total. The predicted molar refractivity (Wildman–Crippen MR) is 85.1 cm³/mol. The van der Waals surface area contributed by atoms with Crippen LogP contribution in [0.25, 0.3) is 0 Å². The Kier molecular flexibility index (Phi) is 4.66. The van der Waals surface area contributed by atoms with Crippen LogP contribution in [0.15, 0.2) is 23.0 Å². The molecule has 1 aromatic rings. The summed E-state index contributed by atoms with van der Waals surface area (Å²) in [6.45, 7) is 7.67. The zero-order valence-corrected chi connectivity index (χ0v) is 13.4. The van der Waals surface area contributed by atoms with E-state index in [2.05, 4.69) is 11.0 Å². The highest BCUT2D eigenvalue weighted by molar-refractivity contribution is 5.16. The van der Waals surface area contributed by atoms with E-state index < -0.39 is 6.10 Å². The van der Waals surface area contributed by atoms with E-state index in [1.54, 1.807) is 6.07 Å². The Morgan fingerprint density at radius 1 is 1.32 bits per heavy atom. The molecule has 0 spiro atoms. The molecule has 1 saturated heterocycles. The van der Waals surface area contributed by atoms with Crippen molar-refractivity contribution in [3.8, 4) is 0 Å². The van der Waals surface area contributed by atoms with Crippen molar-refractivity contribution >= 4 is 0 Å². The minimum absolute atomic E-state index is 0.117. The molecule has 0 aromatic carbocycles. The molecule has 3 heterocycles. The van der Waals surface area contributed by atoms with Crippen LogP contribution in [0.4, 0.5) is 0 Å². The first-order chi connectivity index (χ1) is 10.5. The van der Waals surface area contributed by atoms with E-state index in [9.17, 15) is 9.90 Å². The van der Waals surface area contributed by atoms with Gasteiger partial charge >= 0.3 is 0 Å². The molecule has 122 valence electrons. The van der Waals surface area contributed by atoms with Gasteiger partial charge in [0, 0.05) is 43.9 Å². The molecule has 0 saturated carbocycles. The number of aliphatic hydroxyl groups is 1. The quantitative estimate of drug-likeness (QED) is 0.883. The monoisotopic (exact) mass is 306 g/mol. The van der Waals surface area contributed by atoms with Crippen molar-refractivity contribution in [1.29, 1.82) is 0 Å². The molecule has 5 heteroatoms. The summed E-state index contributed by atoms with van der Waals surface area (Å²) in [4.78, 5) is 14.3. The van der Waals surface area contributed by atoms with Gasteiger partial charge in [0.1, 0.15) is 0 Å². The Morgan fingerprint density at radius 3 is 2.91 bits per heavy atom. The van der Waals surface area contributed by atoms with Crippen LogP contribution in [0.1, 0.15) is 31.9 Å². The van der Waals surface area contributed by atoms with E-state index >= 15 is 0 Å². The van der Waals surface area contributed by atoms with Gasteiger partial charge < -0.3 is 14.4 Å². The summed E-state index contributed by atoms with van der Waals surface area (Å²) in [7, 11) is 0. The summed E-state index contributed by atoms with van der Waals surface area (Å²) in [6, 6.07) is 5.58. The standard InChI is InChI=1S/C17H26N2O3/c1-12(2)22-11-15(20)10-18-7-13-6-14(9-18)16-4-3-5-17(21)19(16)8-13/h3-5,12-15,20H,6-11H2,1-2H3/t13-,14+,15?/m1/s1. The Hall–Kier alpha value is -1.17. The number of hydrogen-bond acceptors (Lipinski definition) is 4. The lowest BCUT2D eigenvalue weighted by Crippen LogP contribution is -2.49. The number of β-amino-alcohol motifs (C(OH)–C–C–N with tert-alkyl or cyclic N) is 1. The van der Waals surface area contributed by atoms with Crippen molar-refractivity contribution in [2.45, 2.75) is 44.9 Å². The predicted octanol–water partition coefficient (Wildman–Crippen LogP) is 1.05. The minimum Gasteiger partial charge on any atom is -0.389 e. The van der Waals surface area contributed by atoms with E-state index in [-0.39, 0.29) is 11.7 Å². The van der Waals surface area contributed by atoms with Gasteiger partial charge in [0.25, 0.3) is 5.56 Å². The molecule has 2 aliphatic rings. The molecule has 22 heavy (non-hydrogen) atoms. The molecule has 1 unspecified atom stereocenters. The van der Waals surface area contributed by atoms with Crippen molar-refractivity contribution < 1.29 is 9.84 Å². The molecule has 2 bridgehead atoms. The zero-order valence-electron chi connectivity index (χ0n) is 13.4. The molecule has 0 amide bonds. The fourth-order valence-electron chi connectivity index (χ4n) is 3.80. The number of hydrogen-bond donors (Lipinski definition) is 1. The Morgan fingerprint density at radius 2 is 2.14 bits per heavy atom. The molecule has 2 aliphatic heterocycles. The van der Waals surface area contributed by atoms with Crippen molar-refractivity contribution in [2.24, 2.45) is 5.92 Å². The fourth-order valence-corrected chi connectivity index (χ4v) is 3.80. The number of likely N-dealkylation sites (tertiary alicyclic amines) is 1. The lowest BCUT2D eigenvalue weighted by molar-refractivity contribution is -0.0174.